The molecule has 0 amide bonds. The maximum absolute atomic E-state index is 14.3. The van der Waals surface area contributed by atoms with Crippen LogP contribution in [0.1, 0.15) is 29.8 Å². The maximum Gasteiger partial charge on any atom is 0.264 e. The van der Waals surface area contributed by atoms with Gasteiger partial charge >= 0.3 is 0 Å². The number of aromatic amines is 1. The van der Waals surface area contributed by atoms with Crippen molar-refractivity contribution in [2.24, 2.45) is 0 Å². The highest BCUT2D eigenvalue weighted by Crippen LogP contribution is 2.34. The topological polar surface area (TPSA) is 118 Å². The largest absolute Gasteiger partial charge is 0.361 e. The zero-order chi connectivity index (χ0) is 27.6. The molecular weight excluding hydrogens is 526 g/mol. The zero-order valence-corrected chi connectivity index (χ0v) is 21.8. The Labute approximate surface area is 232 Å². The molecule has 6 rings (SSSR count). The first kappa shape index (κ1) is 25.0. The zero-order valence-electron chi connectivity index (χ0n) is 21.1. The Morgan fingerprint density at radius 2 is 1.73 bits per heavy atom. The molecule has 0 saturated carbocycles. The third-order valence-electron chi connectivity index (χ3n) is 6.41. The summed E-state index contributed by atoms with van der Waals surface area (Å²) in [7, 11) is 0. The van der Waals surface area contributed by atoms with Gasteiger partial charge in [-0.05, 0) is 25.1 Å². The van der Waals surface area contributed by atoms with Gasteiger partial charge in [0.1, 0.15) is 29.5 Å². The minimum Gasteiger partial charge on any atom is -0.361 e. The van der Waals surface area contributed by atoms with Crippen LogP contribution in [-0.4, -0.2) is 29.5 Å². The van der Waals surface area contributed by atoms with Crippen molar-refractivity contribution >= 4 is 39.2 Å². The highest BCUT2D eigenvalue weighted by atomic mass is 35.5. The number of nitrogens with one attached hydrogen (secondary N) is 2. The van der Waals surface area contributed by atoms with Crippen molar-refractivity contribution in [3.63, 3.8) is 0 Å². The summed E-state index contributed by atoms with van der Waals surface area (Å²) in [4.78, 5) is 46.4. The van der Waals surface area contributed by atoms with Crippen LogP contribution in [0.4, 0.5) is 5.82 Å². The molecule has 0 saturated heterocycles. The molecule has 2 N–H and O–H groups in total. The number of halogens is 1. The number of anilines is 1. The first-order chi connectivity index (χ1) is 19.5. The van der Waals surface area contributed by atoms with E-state index in [9.17, 15) is 9.59 Å². The predicted molar refractivity (Wildman–Crippen MR) is 155 cm³/mol. The molecule has 9 nitrogen and oxygen atoms in total. The molecular formula is C30H20ClN7O2. The van der Waals surface area contributed by atoms with Crippen LogP contribution in [0.25, 0.3) is 27.5 Å². The van der Waals surface area contributed by atoms with Crippen molar-refractivity contribution in [3.8, 4) is 17.5 Å². The molecule has 0 fully saturated rings. The molecule has 4 heterocycles. The summed E-state index contributed by atoms with van der Waals surface area (Å²) >= 11 is 7.10. The van der Waals surface area contributed by atoms with Crippen LogP contribution < -0.4 is 16.3 Å². The van der Waals surface area contributed by atoms with E-state index < -0.39 is 6.04 Å². The SMILES string of the molecule is C[C@H](Nc1ncnc2[nH]ccc(=O)c12)c1c(Cl)c2cccc(C#Cc3cncnc3)c2c(=O)n1-c1ccccc1. The summed E-state index contributed by atoms with van der Waals surface area (Å²) < 4.78 is 1.58. The Morgan fingerprint density at radius 3 is 2.52 bits per heavy atom. The van der Waals surface area contributed by atoms with E-state index in [0.29, 0.717) is 55.2 Å². The van der Waals surface area contributed by atoms with Crippen molar-refractivity contribution in [2.75, 3.05) is 5.32 Å². The van der Waals surface area contributed by atoms with Crippen LogP contribution in [0.3, 0.4) is 0 Å². The Balaban J connectivity index is 1.58. The summed E-state index contributed by atoms with van der Waals surface area (Å²) in [6, 6.07) is 15.5. The van der Waals surface area contributed by atoms with Gasteiger partial charge in [-0.25, -0.2) is 19.9 Å². The Hall–Kier alpha value is -5.33. The summed E-state index contributed by atoms with van der Waals surface area (Å²) in [6.07, 6.45) is 7.53. The molecule has 10 heteroatoms. The minimum absolute atomic E-state index is 0.235. The van der Waals surface area contributed by atoms with Gasteiger partial charge in [-0.1, -0.05) is 53.8 Å². The number of hydrogen-bond donors (Lipinski definition) is 2. The number of H-pyrrole nitrogens is 1. The lowest BCUT2D eigenvalue weighted by atomic mass is 10.0. The van der Waals surface area contributed by atoms with Gasteiger partial charge in [0.05, 0.1) is 27.7 Å². The Morgan fingerprint density at radius 1 is 0.925 bits per heavy atom. The Kier molecular flexibility index (Phi) is 6.52. The van der Waals surface area contributed by atoms with Crippen LogP contribution in [0, 0.1) is 11.8 Å². The molecule has 1 atom stereocenters. The molecule has 0 aliphatic heterocycles. The lowest BCUT2D eigenvalue weighted by Crippen LogP contribution is -2.27. The number of rotatable bonds is 4. The molecule has 40 heavy (non-hydrogen) atoms. The predicted octanol–water partition coefficient (Wildman–Crippen LogP) is 4.64. The maximum atomic E-state index is 14.3. The third kappa shape index (κ3) is 4.46. The van der Waals surface area contributed by atoms with Gasteiger partial charge in [-0.2, -0.15) is 0 Å². The standard InChI is InChI=1S/C30H20ClN7O2/c1-18(37-29-25-23(39)12-13-34-28(25)35-17-36-29)27-26(31)22-9-5-6-20(11-10-19-14-32-16-33-15-19)24(22)30(40)38(27)21-7-3-2-4-8-21/h2-9,12-18H,1H3,(H2,34,35,36,37,39)/t18-/m0/s1. The fourth-order valence-electron chi connectivity index (χ4n) is 4.64. The number of para-hydroxylation sites is 1. The second kappa shape index (κ2) is 10.4. The van der Waals surface area contributed by atoms with Crippen molar-refractivity contribution in [1.29, 1.82) is 0 Å². The van der Waals surface area contributed by atoms with Gasteiger partial charge in [0, 0.05) is 41.3 Å². The fourth-order valence-corrected chi connectivity index (χ4v) is 5.04. The highest BCUT2D eigenvalue weighted by molar-refractivity contribution is 6.36. The molecule has 0 aliphatic rings. The van der Waals surface area contributed by atoms with Gasteiger partial charge in [-0.3, -0.25) is 14.2 Å². The van der Waals surface area contributed by atoms with Crippen LogP contribution >= 0.6 is 11.6 Å². The molecule has 4 aromatic heterocycles. The second-order valence-corrected chi connectivity index (χ2v) is 9.31. The van der Waals surface area contributed by atoms with Crippen molar-refractivity contribution in [1.82, 2.24) is 29.5 Å². The molecule has 0 radical (unpaired) electrons. The first-order valence-electron chi connectivity index (χ1n) is 12.3. The van der Waals surface area contributed by atoms with E-state index in [0.717, 1.165) is 0 Å². The normalized spacial score (nSPS) is 11.7. The summed E-state index contributed by atoms with van der Waals surface area (Å²) in [5.74, 6) is 6.45. The molecule has 194 valence electrons. The van der Waals surface area contributed by atoms with E-state index in [4.69, 9.17) is 11.6 Å². The molecule has 2 aromatic carbocycles. The van der Waals surface area contributed by atoms with Gasteiger partial charge in [0.15, 0.2) is 5.43 Å². The van der Waals surface area contributed by atoms with E-state index in [-0.39, 0.29) is 11.0 Å². The van der Waals surface area contributed by atoms with E-state index in [2.05, 4.69) is 42.1 Å². The van der Waals surface area contributed by atoms with Crippen LogP contribution in [0.2, 0.25) is 5.02 Å². The number of benzene rings is 2. The molecule has 0 aliphatic carbocycles. The number of hydrogen-bond acceptors (Lipinski definition) is 7. The van der Waals surface area contributed by atoms with E-state index in [1.54, 1.807) is 29.1 Å². The van der Waals surface area contributed by atoms with Crippen LogP contribution in [0.5, 0.6) is 0 Å². The minimum atomic E-state index is -0.543. The average Bonchev–Trinajstić information content (AvgIpc) is 2.98. The van der Waals surface area contributed by atoms with Gasteiger partial charge in [0.25, 0.3) is 5.56 Å². The summed E-state index contributed by atoms with van der Waals surface area (Å²) in [5, 5.41) is 4.92. The number of fused-ring (bicyclic) bond motifs is 2. The van der Waals surface area contributed by atoms with Crippen molar-refractivity contribution in [3.05, 3.63) is 128 Å². The molecule has 0 unspecified atom stereocenters. The van der Waals surface area contributed by atoms with Crippen LogP contribution in [0.15, 0.2) is 95.4 Å². The number of aromatic nitrogens is 6. The van der Waals surface area contributed by atoms with Crippen LogP contribution in [-0.2, 0) is 0 Å². The molecule has 0 bridgehead atoms. The smallest absolute Gasteiger partial charge is 0.264 e. The van der Waals surface area contributed by atoms with Gasteiger partial charge in [0.2, 0.25) is 0 Å². The third-order valence-corrected chi connectivity index (χ3v) is 6.81. The van der Waals surface area contributed by atoms with Crippen molar-refractivity contribution in [2.45, 2.75) is 13.0 Å². The van der Waals surface area contributed by atoms with E-state index in [1.807, 2.05) is 43.3 Å². The monoisotopic (exact) mass is 545 g/mol. The number of pyridine rings is 2. The lowest BCUT2D eigenvalue weighted by molar-refractivity contribution is 0.774. The average molecular weight is 546 g/mol. The molecule has 0 spiro atoms. The first-order valence-corrected chi connectivity index (χ1v) is 12.7. The van der Waals surface area contributed by atoms with Gasteiger partial charge in [-0.15, -0.1) is 0 Å². The lowest BCUT2D eigenvalue weighted by Gasteiger charge is -2.23. The number of nitrogens with zero attached hydrogens (tertiary/aromatic N) is 5. The Bertz CT molecular complexity index is 2060. The summed E-state index contributed by atoms with van der Waals surface area (Å²) in [5.41, 5.74) is 2.16. The quantitative estimate of drug-likeness (QED) is 0.310. The highest BCUT2D eigenvalue weighted by Gasteiger charge is 2.23. The van der Waals surface area contributed by atoms with Crippen molar-refractivity contribution < 1.29 is 0 Å². The van der Waals surface area contributed by atoms with E-state index >= 15 is 0 Å². The fraction of sp³-hybridized carbons (Fsp3) is 0.0667. The second-order valence-electron chi connectivity index (χ2n) is 8.93. The summed E-state index contributed by atoms with van der Waals surface area (Å²) in [6.45, 7) is 1.86. The van der Waals surface area contributed by atoms with E-state index in [1.165, 1.54) is 24.9 Å². The van der Waals surface area contributed by atoms with Gasteiger partial charge < -0.3 is 10.3 Å². The molecule has 6 aromatic rings.